The molecular weight excluding hydrogens is 222 g/mol. The van der Waals surface area contributed by atoms with Gasteiger partial charge in [-0.05, 0) is 19.1 Å². The van der Waals surface area contributed by atoms with E-state index in [9.17, 15) is 0 Å². The second-order valence-corrected chi connectivity index (χ2v) is 3.99. The SMILES string of the molecule is CCOc1cccc(OCC(C)C(N)=S)c1. The van der Waals surface area contributed by atoms with E-state index < -0.39 is 0 Å². The van der Waals surface area contributed by atoms with Crippen LogP contribution in [0.1, 0.15) is 13.8 Å². The van der Waals surface area contributed by atoms with E-state index in [4.69, 9.17) is 27.4 Å². The summed E-state index contributed by atoms with van der Waals surface area (Å²) in [6, 6.07) is 7.53. The maximum atomic E-state index is 5.57. The van der Waals surface area contributed by atoms with Gasteiger partial charge in [-0.2, -0.15) is 0 Å². The van der Waals surface area contributed by atoms with Gasteiger partial charge in [-0.1, -0.05) is 25.2 Å². The van der Waals surface area contributed by atoms with Crippen LogP contribution < -0.4 is 15.2 Å². The lowest BCUT2D eigenvalue weighted by Crippen LogP contribution is -2.23. The first kappa shape index (κ1) is 12.8. The fraction of sp³-hybridized carbons (Fsp3) is 0.417. The number of rotatable bonds is 6. The molecule has 0 saturated carbocycles. The Hall–Kier alpha value is -1.29. The van der Waals surface area contributed by atoms with Crippen molar-refractivity contribution in [1.82, 2.24) is 0 Å². The highest BCUT2D eigenvalue weighted by molar-refractivity contribution is 7.80. The standard InChI is InChI=1S/C12H17NO2S/c1-3-14-10-5-4-6-11(7-10)15-8-9(2)12(13)16/h4-7,9H,3,8H2,1-2H3,(H2,13,16). The highest BCUT2D eigenvalue weighted by atomic mass is 32.1. The van der Waals surface area contributed by atoms with Gasteiger partial charge in [0.15, 0.2) is 0 Å². The zero-order valence-corrected chi connectivity index (χ0v) is 10.4. The smallest absolute Gasteiger partial charge is 0.123 e. The summed E-state index contributed by atoms with van der Waals surface area (Å²) >= 11 is 4.87. The van der Waals surface area contributed by atoms with Crippen LogP contribution in [0, 0.1) is 5.92 Å². The summed E-state index contributed by atoms with van der Waals surface area (Å²) in [5, 5.41) is 0. The zero-order chi connectivity index (χ0) is 12.0. The van der Waals surface area contributed by atoms with Crippen molar-refractivity contribution in [2.24, 2.45) is 11.7 Å². The maximum absolute atomic E-state index is 5.57. The van der Waals surface area contributed by atoms with Crippen LogP contribution in [0.15, 0.2) is 24.3 Å². The molecule has 0 aliphatic heterocycles. The average molecular weight is 239 g/mol. The van der Waals surface area contributed by atoms with Gasteiger partial charge in [0.1, 0.15) is 11.5 Å². The van der Waals surface area contributed by atoms with Crippen molar-refractivity contribution in [3.8, 4) is 11.5 Å². The molecule has 0 aliphatic carbocycles. The molecule has 0 radical (unpaired) electrons. The lowest BCUT2D eigenvalue weighted by Gasteiger charge is -2.12. The molecule has 1 aromatic carbocycles. The molecule has 1 rings (SSSR count). The van der Waals surface area contributed by atoms with Gasteiger partial charge in [0.2, 0.25) is 0 Å². The summed E-state index contributed by atoms with van der Waals surface area (Å²) < 4.78 is 10.9. The summed E-state index contributed by atoms with van der Waals surface area (Å²) in [4.78, 5) is 0.473. The van der Waals surface area contributed by atoms with Crippen LogP contribution in [0.5, 0.6) is 11.5 Å². The van der Waals surface area contributed by atoms with Gasteiger partial charge in [-0.25, -0.2) is 0 Å². The molecule has 0 aliphatic rings. The van der Waals surface area contributed by atoms with Gasteiger partial charge in [-0.3, -0.25) is 0 Å². The lowest BCUT2D eigenvalue weighted by atomic mass is 10.2. The summed E-state index contributed by atoms with van der Waals surface area (Å²) in [6.07, 6.45) is 0. The second-order valence-electron chi connectivity index (χ2n) is 3.52. The predicted molar refractivity (Wildman–Crippen MR) is 69.1 cm³/mol. The maximum Gasteiger partial charge on any atom is 0.123 e. The monoisotopic (exact) mass is 239 g/mol. The quantitative estimate of drug-likeness (QED) is 0.774. The fourth-order valence-electron chi connectivity index (χ4n) is 1.12. The van der Waals surface area contributed by atoms with E-state index in [1.54, 1.807) is 0 Å². The van der Waals surface area contributed by atoms with Gasteiger partial charge in [0.05, 0.1) is 18.2 Å². The molecule has 4 heteroatoms. The minimum atomic E-state index is 0.0748. The van der Waals surface area contributed by atoms with Gasteiger partial charge in [0.25, 0.3) is 0 Å². The van der Waals surface area contributed by atoms with Gasteiger partial charge >= 0.3 is 0 Å². The average Bonchev–Trinajstić information content (AvgIpc) is 2.26. The molecule has 88 valence electrons. The number of thiocarbonyl (C=S) groups is 1. The molecule has 0 spiro atoms. The van der Waals surface area contributed by atoms with Crippen LogP contribution in [0.4, 0.5) is 0 Å². The Kier molecular flexibility index (Phi) is 5.05. The first-order chi connectivity index (χ1) is 7.63. The Morgan fingerprint density at radius 2 is 2.00 bits per heavy atom. The van der Waals surface area contributed by atoms with Crippen LogP contribution in [0.25, 0.3) is 0 Å². The molecule has 16 heavy (non-hydrogen) atoms. The number of nitrogens with two attached hydrogens (primary N) is 1. The minimum Gasteiger partial charge on any atom is -0.494 e. The summed E-state index contributed by atoms with van der Waals surface area (Å²) in [5.74, 6) is 1.66. The Morgan fingerprint density at radius 3 is 2.56 bits per heavy atom. The Bertz CT molecular complexity index is 355. The molecule has 0 saturated heterocycles. The first-order valence-electron chi connectivity index (χ1n) is 5.28. The summed E-state index contributed by atoms with van der Waals surface area (Å²) in [7, 11) is 0. The van der Waals surface area contributed by atoms with Crippen LogP contribution in [-0.4, -0.2) is 18.2 Å². The van der Waals surface area contributed by atoms with E-state index in [0.717, 1.165) is 11.5 Å². The van der Waals surface area contributed by atoms with E-state index in [1.807, 2.05) is 38.1 Å². The highest BCUT2D eigenvalue weighted by Crippen LogP contribution is 2.19. The summed E-state index contributed by atoms with van der Waals surface area (Å²) in [6.45, 7) is 5.02. The van der Waals surface area contributed by atoms with Gasteiger partial charge in [-0.15, -0.1) is 0 Å². The van der Waals surface area contributed by atoms with Crippen molar-refractivity contribution in [2.45, 2.75) is 13.8 Å². The zero-order valence-electron chi connectivity index (χ0n) is 9.60. The Labute approximate surface area is 102 Å². The van der Waals surface area contributed by atoms with Crippen LogP contribution in [-0.2, 0) is 0 Å². The second kappa shape index (κ2) is 6.33. The molecule has 1 unspecified atom stereocenters. The molecule has 0 aromatic heterocycles. The van der Waals surface area contributed by atoms with Crippen LogP contribution >= 0.6 is 12.2 Å². The minimum absolute atomic E-state index is 0.0748. The summed E-state index contributed by atoms with van der Waals surface area (Å²) in [5.41, 5.74) is 5.50. The largest absolute Gasteiger partial charge is 0.494 e. The van der Waals surface area contributed by atoms with Gasteiger partial charge in [0, 0.05) is 12.0 Å². The van der Waals surface area contributed by atoms with E-state index in [2.05, 4.69) is 0 Å². The highest BCUT2D eigenvalue weighted by Gasteiger charge is 2.06. The molecule has 0 amide bonds. The molecule has 2 N–H and O–H groups in total. The van der Waals surface area contributed by atoms with Crippen molar-refractivity contribution in [1.29, 1.82) is 0 Å². The molecule has 0 fully saturated rings. The number of hydrogen-bond donors (Lipinski definition) is 1. The van der Waals surface area contributed by atoms with Crippen molar-refractivity contribution in [2.75, 3.05) is 13.2 Å². The van der Waals surface area contributed by atoms with Crippen molar-refractivity contribution in [3.05, 3.63) is 24.3 Å². The van der Waals surface area contributed by atoms with Crippen LogP contribution in [0.3, 0.4) is 0 Å². The molecule has 1 aromatic rings. The van der Waals surface area contributed by atoms with Crippen LogP contribution in [0.2, 0.25) is 0 Å². The Morgan fingerprint density at radius 1 is 1.38 bits per heavy atom. The van der Waals surface area contributed by atoms with Crippen molar-refractivity contribution < 1.29 is 9.47 Å². The van der Waals surface area contributed by atoms with Crippen molar-refractivity contribution in [3.63, 3.8) is 0 Å². The number of hydrogen-bond acceptors (Lipinski definition) is 3. The Balaban J connectivity index is 2.53. The lowest BCUT2D eigenvalue weighted by molar-refractivity contribution is 0.289. The number of ether oxygens (including phenoxy) is 2. The third-order valence-corrected chi connectivity index (χ3v) is 2.50. The topological polar surface area (TPSA) is 44.5 Å². The number of benzene rings is 1. The van der Waals surface area contributed by atoms with E-state index in [1.165, 1.54) is 0 Å². The first-order valence-corrected chi connectivity index (χ1v) is 5.69. The predicted octanol–water partition coefficient (Wildman–Crippen LogP) is 2.39. The fourth-order valence-corrected chi connectivity index (χ4v) is 1.19. The van der Waals surface area contributed by atoms with Gasteiger partial charge < -0.3 is 15.2 Å². The normalized spacial score (nSPS) is 11.9. The van der Waals surface area contributed by atoms with E-state index in [0.29, 0.717) is 18.2 Å². The molecule has 0 heterocycles. The van der Waals surface area contributed by atoms with Crippen molar-refractivity contribution >= 4 is 17.2 Å². The van der Waals surface area contributed by atoms with E-state index >= 15 is 0 Å². The third kappa shape index (κ3) is 4.06. The molecule has 3 nitrogen and oxygen atoms in total. The molecule has 0 bridgehead atoms. The molecule has 1 atom stereocenters. The molecular formula is C12H17NO2S. The van der Waals surface area contributed by atoms with E-state index in [-0.39, 0.29) is 5.92 Å². The third-order valence-electron chi connectivity index (χ3n) is 2.10.